The van der Waals surface area contributed by atoms with Crippen LogP contribution in [-0.4, -0.2) is 18.0 Å². The van der Waals surface area contributed by atoms with Crippen molar-refractivity contribution in [3.63, 3.8) is 0 Å². The van der Waals surface area contributed by atoms with Gasteiger partial charge in [-0.15, -0.1) is 11.8 Å². The number of hydrogen-bond acceptors (Lipinski definition) is 4. The van der Waals surface area contributed by atoms with E-state index in [1.807, 2.05) is 6.92 Å². The van der Waals surface area contributed by atoms with E-state index in [0.717, 1.165) is 4.90 Å². The van der Waals surface area contributed by atoms with Crippen molar-refractivity contribution >= 4 is 46.6 Å². The average molecular weight is 370 g/mol. The molecule has 1 aliphatic rings. The highest BCUT2D eigenvalue weighted by Crippen LogP contribution is 2.35. The summed E-state index contributed by atoms with van der Waals surface area (Å²) in [6, 6.07) is 10.5. The first-order valence-corrected chi connectivity index (χ1v) is 8.49. The zero-order chi connectivity index (χ0) is 16.4. The van der Waals surface area contributed by atoms with Gasteiger partial charge in [-0.2, -0.15) is 0 Å². The molecule has 0 spiro atoms. The van der Waals surface area contributed by atoms with Gasteiger partial charge in [0.2, 0.25) is 12.7 Å². The van der Waals surface area contributed by atoms with Crippen LogP contribution < -0.4 is 14.8 Å². The maximum absolute atomic E-state index is 12.3. The molecule has 1 heterocycles. The average Bonchev–Trinajstić information content (AvgIpc) is 2.98. The zero-order valence-corrected chi connectivity index (χ0v) is 14.5. The summed E-state index contributed by atoms with van der Waals surface area (Å²) in [4.78, 5) is 13.1. The van der Waals surface area contributed by atoms with Crippen molar-refractivity contribution in [2.45, 2.75) is 17.1 Å². The Balaban J connectivity index is 1.67. The van der Waals surface area contributed by atoms with Crippen LogP contribution in [-0.2, 0) is 4.79 Å². The van der Waals surface area contributed by atoms with E-state index in [1.54, 1.807) is 36.4 Å². The van der Waals surface area contributed by atoms with Gasteiger partial charge in [-0.25, -0.2) is 0 Å². The fraction of sp³-hybridized carbons (Fsp3) is 0.188. The fourth-order valence-corrected chi connectivity index (χ4v) is 3.44. The molecule has 0 bridgehead atoms. The first-order chi connectivity index (χ1) is 11.0. The highest BCUT2D eigenvalue weighted by molar-refractivity contribution is 8.00. The van der Waals surface area contributed by atoms with Crippen LogP contribution in [0.5, 0.6) is 11.5 Å². The van der Waals surface area contributed by atoms with Crippen molar-refractivity contribution in [3.05, 3.63) is 46.4 Å². The predicted molar refractivity (Wildman–Crippen MR) is 93.0 cm³/mol. The van der Waals surface area contributed by atoms with Crippen molar-refractivity contribution in [1.29, 1.82) is 0 Å². The largest absolute Gasteiger partial charge is 0.454 e. The Labute approximate surface area is 148 Å². The number of fused-ring (bicyclic) bond motifs is 1. The molecule has 1 amide bonds. The van der Waals surface area contributed by atoms with E-state index in [1.165, 1.54) is 11.8 Å². The van der Waals surface area contributed by atoms with Gasteiger partial charge in [-0.3, -0.25) is 4.79 Å². The van der Waals surface area contributed by atoms with E-state index in [9.17, 15) is 4.79 Å². The van der Waals surface area contributed by atoms with Crippen LogP contribution in [0.25, 0.3) is 0 Å². The maximum atomic E-state index is 12.3. The number of amides is 1. The summed E-state index contributed by atoms with van der Waals surface area (Å²) in [6.45, 7) is 2.01. The zero-order valence-electron chi connectivity index (χ0n) is 12.1. The topological polar surface area (TPSA) is 47.6 Å². The Kier molecular flexibility index (Phi) is 4.90. The highest BCUT2D eigenvalue weighted by atomic mass is 35.5. The third-order valence-electron chi connectivity index (χ3n) is 3.21. The summed E-state index contributed by atoms with van der Waals surface area (Å²) >= 11 is 13.4. The number of rotatable bonds is 4. The molecule has 0 aromatic heterocycles. The smallest absolute Gasteiger partial charge is 0.237 e. The lowest BCUT2D eigenvalue weighted by Crippen LogP contribution is -2.22. The third kappa shape index (κ3) is 3.86. The molecule has 2 aromatic rings. The number of carbonyl (C=O) groups excluding carboxylic acids is 1. The van der Waals surface area contributed by atoms with Gasteiger partial charge in [0.15, 0.2) is 11.5 Å². The number of thioether (sulfide) groups is 1. The van der Waals surface area contributed by atoms with E-state index >= 15 is 0 Å². The minimum absolute atomic E-state index is 0.134. The number of ether oxygens (including phenoxy) is 2. The number of benzene rings is 2. The van der Waals surface area contributed by atoms with Crippen LogP contribution in [0.15, 0.2) is 41.3 Å². The summed E-state index contributed by atoms with van der Waals surface area (Å²) in [7, 11) is 0. The predicted octanol–water partition coefficient (Wildman–Crippen LogP) is 4.84. The van der Waals surface area contributed by atoms with E-state index in [2.05, 4.69) is 5.32 Å². The van der Waals surface area contributed by atoms with Gasteiger partial charge < -0.3 is 14.8 Å². The molecule has 0 radical (unpaired) electrons. The summed E-state index contributed by atoms with van der Waals surface area (Å²) in [6.07, 6.45) is 0. The van der Waals surface area contributed by atoms with E-state index < -0.39 is 0 Å². The summed E-state index contributed by atoms with van der Waals surface area (Å²) in [5, 5.41) is 3.67. The molecule has 3 rings (SSSR count). The lowest BCUT2D eigenvalue weighted by atomic mass is 10.2. The maximum Gasteiger partial charge on any atom is 0.237 e. The quantitative estimate of drug-likeness (QED) is 0.783. The standard InChI is InChI=1S/C16H13Cl2NO3S/c1-9(23-15-6-10(17)2-4-12(15)18)16(20)19-11-3-5-13-14(7-11)22-8-21-13/h2-7,9H,8H2,1H3,(H,19,20). The number of nitrogens with one attached hydrogen (secondary N) is 1. The molecule has 4 nitrogen and oxygen atoms in total. The number of halogens is 2. The van der Waals surface area contributed by atoms with Gasteiger partial charge in [-0.1, -0.05) is 23.2 Å². The fourth-order valence-electron chi connectivity index (χ4n) is 2.03. The lowest BCUT2D eigenvalue weighted by molar-refractivity contribution is -0.115. The molecule has 1 aliphatic heterocycles. The Morgan fingerprint density at radius 2 is 1.96 bits per heavy atom. The number of anilines is 1. The monoisotopic (exact) mass is 369 g/mol. The molecule has 1 N–H and O–H groups in total. The third-order valence-corrected chi connectivity index (χ3v) is 5.04. The molecule has 1 unspecified atom stereocenters. The lowest BCUT2D eigenvalue weighted by Gasteiger charge is -2.13. The normalized spacial score (nSPS) is 13.7. The van der Waals surface area contributed by atoms with Crippen molar-refractivity contribution in [1.82, 2.24) is 0 Å². The number of hydrogen-bond donors (Lipinski definition) is 1. The summed E-state index contributed by atoms with van der Waals surface area (Å²) < 4.78 is 10.5. The van der Waals surface area contributed by atoms with Crippen molar-refractivity contribution in [2.75, 3.05) is 12.1 Å². The van der Waals surface area contributed by atoms with Gasteiger partial charge >= 0.3 is 0 Å². The van der Waals surface area contributed by atoms with Crippen LogP contribution >= 0.6 is 35.0 Å². The van der Waals surface area contributed by atoms with Crippen molar-refractivity contribution in [3.8, 4) is 11.5 Å². The van der Waals surface area contributed by atoms with Gasteiger partial charge in [0.1, 0.15) is 0 Å². The molecule has 7 heteroatoms. The molecule has 23 heavy (non-hydrogen) atoms. The van der Waals surface area contributed by atoms with E-state index in [-0.39, 0.29) is 18.0 Å². The molecule has 120 valence electrons. The minimum Gasteiger partial charge on any atom is -0.454 e. The Morgan fingerprint density at radius 3 is 2.78 bits per heavy atom. The van der Waals surface area contributed by atoms with E-state index in [4.69, 9.17) is 32.7 Å². The first-order valence-electron chi connectivity index (χ1n) is 6.85. The van der Waals surface area contributed by atoms with Crippen LogP contribution in [0.2, 0.25) is 10.0 Å². The minimum atomic E-state index is -0.337. The first kappa shape index (κ1) is 16.3. The Bertz CT molecular complexity index is 754. The molecule has 0 saturated carbocycles. The van der Waals surface area contributed by atoms with Crippen LogP contribution in [0.4, 0.5) is 5.69 Å². The molecule has 0 aliphatic carbocycles. The SMILES string of the molecule is CC(Sc1cc(Cl)ccc1Cl)C(=O)Nc1ccc2c(c1)OCO2. The second-order valence-corrected chi connectivity index (χ2v) is 7.12. The molecule has 0 saturated heterocycles. The van der Waals surface area contributed by atoms with Crippen molar-refractivity contribution in [2.24, 2.45) is 0 Å². The van der Waals surface area contributed by atoms with Crippen molar-refractivity contribution < 1.29 is 14.3 Å². The highest BCUT2D eigenvalue weighted by Gasteiger charge is 2.18. The molecule has 2 aromatic carbocycles. The second-order valence-electron chi connectivity index (χ2n) is 4.89. The molecule has 1 atom stereocenters. The Morgan fingerprint density at radius 1 is 1.17 bits per heavy atom. The van der Waals surface area contributed by atoms with Crippen LogP contribution in [0.1, 0.15) is 6.92 Å². The van der Waals surface area contributed by atoms with Crippen LogP contribution in [0.3, 0.4) is 0 Å². The van der Waals surface area contributed by atoms with E-state index in [0.29, 0.717) is 27.2 Å². The van der Waals surface area contributed by atoms with Gasteiger partial charge in [0.05, 0.1) is 10.3 Å². The number of carbonyl (C=O) groups is 1. The van der Waals surface area contributed by atoms with Gasteiger partial charge in [0, 0.05) is 21.7 Å². The molecular weight excluding hydrogens is 357 g/mol. The summed E-state index contributed by atoms with van der Waals surface area (Å²) in [5.41, 5.74) is 0.656. The molecular formula is C16H13Cl2NO3S. The van der Waals surface area contributed by atoms with Gasteiger partial charge in [0.25, 0.3) is 0 Å². The van der Waals surface area contributed by atoms with Gasteiger partial charge in [-0.05, 0) is 37.3 Å². The second kappa shape index (κ2) is 6.91. The molecule has 0 fully saturated rings. The summed E-state index contributed by atoms with van der Waals surface area (Å²) in [5.74, 6) is 1.17. The van der Waals surface area contributed by atoms with Crippen LogP contribution in [0, 0.1) is 0 Å². The Hall–Kier alpha value is -1.56.